The van der Waals surface area contributed by atoms with Crippen LogP contribution in [0.5, 0.6) is 0 Å². The minimum Gasteiger partial charge on any atom is -0.385 e. The maximum absolute atomic E-state index is 13.2. The van der Waals surface area contributed by atoms with Crippen molar-refractivity contribution in [3.05, 3.63) is 66.1 Å². The molecule has 3 aromatic rings. The fraction of sp³-hybridized carbons (Fsp3) is 0.381. The van der Waals surface area contributed by atoms with Gasteiger partial charge in [0.25, 0.3) is 5.91 Å². The molecule has 3 heterocycles. The summed E-state index contributed by atoms with van der Waals surface area (Å²) in [5.74, 6) is 0.339. The lowest BCUT2D eigenvalue weighted by Crippen LogP contribution is -2.43. The van der Waals surface area contributed by atoms with Crippen molar-refractivity contribution < 1.29 is 9.90 Å². The number of pyridine rings is 1. The lowest BCUT2D eigenvalue weighted by atomic mass is 9.67. The highest BCUT2D eigenvalue weighted by Crippen LogP contribution is 2.48. The number of amides is 1. The Labute approximate surface area is 157 Å². The van der Waals surface area contributed by atoms with Crippen LogP contribution in [-0.2, 0) is 5.60 Å². The molecule has 2 aromatic heterocycles. The van der Waals surface area contributed by atoms with E-state index in [4.69, 9.17) is 0 Å². The molecule has 1 amide bonds. The SMILES string of the molecule is O=C(c1cccc2ncnn12)N1C[C@@H]2CCC[C@@](O)(c3ccccc3)[C@@H]2C1. The lowest BCUT2D eigenvalue weighted by Gasteiger charge is -2.41. The van der Waals surface area contributed by atoms with Crippen LogP contribution in [0.3, 0.4) is 0 Å². The Kier molecular flexibility index (Phi) is 3.75. The molecule has 3 atom stereocenters. The van der Waals surface area contributed by atoms with Gasteiger partial charge in [-0.3, -0.25) is 4.79 Å². The molecule has 1 N–H and O–H groups in total. The van der Waals surface area contributed by atoms with Crippen LogP contribution in [0, 0.1) is 11.8 Å². The van der Waals surface area contributed by atoms with Crippen molar-refractivity contribution in [3.63, 3.8) is 0 Å². The summed E-state index contributed by atoms with van der Waals surface area (Å²) in [6.07, 6.45) is 4.24. The van der Waals surface area contributed by atoms with Crippen LogP contribution in [0.1, 0.15) is 35.3 Å². The summed E-state index contributed by atoms with van der Waals surface area (Å²) in [5.41, 5.74) is 1.29. The van der Waals surface area contributed by atoms with E-state index in [1.54, 1.807) is 10.6 Å². The summed E-state index contributed by atoms with van der Waals surface area (Å²) in [6.45, 7) is 1.25. The maximum Gasteiger partial charge on any atom is 0.272 e. The minimum absolute atomic E-state index is 0.0455. The molecule has 1 aromatic carbocycles. The smallest absolute Gasteiger partial charge is 0.272 e. The summed E-state index contributed by atoms with van der Waals surface area (Å²) in [5, 5.41) is 15.7. The molecule has 1 saturated heterocycles. The number of benzene rings is 1. The van der Waals surface area contributed by atoms with Crippen molar-refractivity contribution >= 4 is 11.6 Å². The Balaban J connectivity index is 1.46. The molecule has 0 radical (unpaired) electrons. The molecule has 1 saturated carbocycles. The van der Waals surface area contributed by atoms with E-state index < -0.39 is 5.60 Å². The first kappa shape index (κ1) is 16.4. The second kappa shape index (κ2) is 6.16. The molecule has 0 unspecified atom stereocenters. The van der Waals surface area contributed by atoms with E-state index in [-0.39, 0.29) is 11.8 Å². The van der Waals surface area contributed by atoms with Gasteiger partial charge in [0.05, 0.1) is 5.60 Å². The topological polar surface area (TPSA) is 70.7 Å². The Morgan fingerprint density at radius 2 is 1.96 bits per heavy atom. The standard InChI is InChI=1S/C21H22N4O2/c26-20(18-9-4-10-19-22-14-23-25(18)19)24-12-15-6-5-11-21(27,17(15)13-24)16-7-2-1-3-8-16/h1-4,7-10,14-15,17,27H,5-6,11-13H2/t15-,17+,21+/m0/s1. The van der Waals surface area contributed by atoms with Gasteiger partial charge >= 0.3 is 0 Å². The first-order chi connectivity index (χ1) is 13.2. The number of nitrogens with zero attached hydrogens (tertiary/aromatic N) is 4. The van der Waals surface area contributed by atoms with Crippen molar-refractivity contribution in [2.24, 2.45) is 11.8 Å². The molecular weight excluding hydrogens is 340 g/mol. The van der Waals surface area contributed by atoms with Crippen LogP contribution in [0.15, 0.2) is 54.9 Å². The van der Waals surface area contributed by atoms with Gasteiger partial charge in [0.15, 0.2) is 5.65 Å². The second-order valence-electron chi connectivity index (χ2n) is 7.70. The molecule has 0 spiro atoms. The molecule has 6 heteroatoms. The zero-order valence-electron chi connectivity index (χ0n) is 15.0. The highest BCUT2D eigenvalue weighted by atomic mass is 16.3. The van der Waals surface area contributed by atoms with Gasteiger partial charge in [0, 0.05) is 19.0 Å². The van der Waals surface area contributed by atoms with E-state index in [1.807, 2.05) is 47.4 Å². The van der Waals surface area contributed by atoms with E-state index in [1.165, 1.54) is 6.33 Å². The quantitative estimate of drug-likeness (QED) is 0.760. The average molecular weight is 362 g/mol. The van der Waals surface area contributed by atoms with E-state index in [2.05, 4.69) is 10.1 Å². The first-order valence-corrected chi connectivity index (χ1v) is 9.53. The molecule has 1 aliphatic carbocycles. The molecule has 2 aliphatic rings. The summed E-state index contributed by atoms with van der Waals surface area (Å²) in [7, 11) is 0. The van der Waals surface area contributed by atoms with Gasteiger partial charge in [-0.05, 0) is 42.9 Å². The number of likely N-dealkylation sites (tertiary alicyclic amines) is 1. The maximum atomic E-state index is 13.2. The van der Waals surface area contributed by atoms with Gasteiger partial charge in [-0.25, -0.2) is 9.50 Å². The monoisotopic (exact) mass is 362 g/mol. The summed E-state index contributed by atoms with van der Waals surface area (Å²) in [6, 6.07) is 15.4. The van der Waals surface area contributed by atoms with Crippen molar-refractivity contribution in [2.45, 2.75) is 24.9 Å². The third kappa shape index (κ3) is 2.55. The average Bonchev–Trinajstić information content (AvgIpc) is 3.35. The summed E-state index contributed by atoms with van der Waals surface area (Å²) >= 11 is 0. The van der Waals surface area contributed by atoms with Gasteiger partial charge in [-0.15, -0.1) is 0 Å². The van der Waals surface area contributed by atoms with Gasteiger partial charge < -0.3 is 10.0 Å². The highest BCUT2D eigenvalue weighted by Gasteiger charge is 2.50. The van der Waals surface area contributed by atoms with Crippen molar-refractivity contribution in [1.29, 1.82) is 0 Å². The summed E-state index contributed by atoms with van der Waals surface area (Å²) in [4.78, 5) is 19.2. The minimum atomic E-state index is -0.863. The number of carbonyl (C=O) groups excluding carboxylic acids is 1. The van der Waals surface area contributed by atoms with Gasteiger partial charge in [-0.2, -0.15) is 5.10 Å². The second-order valence-corrected chi connectivity index (χ2v) is 7.70. The van der Waals surface area contributed by atoms with Crippen LogP contribution < -0.4 is 0 Å². The molecule has 6 nitrogen and oxygen atoms in total. The van der Waals surface area contributed by atoms with Crippen LogP contribution in [0.2, 0.25) is 0 Å². The van der Waals surface area contributed by atoms with Gasteiger partial charge in [0.2, 0.25) is 0 Å². The van der Waals surface area contributed by atoms with E-state index in [9.17, 15) is 9.90 Å². The first-order valence-electron chi connectivity index (χ1n) is 9.53. The molecule has 138 valence electrons. The number of fused-ring (bicyclic) bond motifs is 2. The molecule has 27 heavy (non-hydrogen) atoms. The van der Waals surface area contributed by atoms with Crippen LogP contribution in [-0.4, -0.2) is 43.6 Å². The summed E-state index contributed by atoms with van der Waals surface area (Å²) < 4.78 is 1.59. The largest absolute Gasteiger partial charge is 0.385 e. The van der Waals surface area contributed by atoms with E-state index >= 15 is 0 Å². The zero-order valence-corrected chi connectivity index (χ0v) is 15.0. The molecule has 1 aliphatic heterocycles. The predicted octanol–water partition coefficient (Wildman–Crippen LogP) is 2.49. The third-order valence-corrected chi connectivity index (χ3v) is 6.27. The fourth-order valence-electron chi connectivity index (χ4n) is 4.94. The Morgan fingerprint density at radius 1 is 1.11 bits per heavy atom. The number of hydrogen-bond acceptors (Lipinski definition) is 4. The zero-order chi connectivity index (χ0) is 18.4. The van der Waals surface area contributed by atoms with Crippen molar-refractivity contribution in [3.8, 4) is 0 Å². The van der Waals surface area contributed by atoms with Crippen LogP contribution in [0.4, 0.5) is 0 Å². The number of aliphatic hydroxyl groups is 1. The number of aromatic nitrogens is 3. The van der Waals surface area contributed by atoms with Crippen LogP contribution in [0.25, 0.3) is 5.65 Å². The number of carbonyl (C=O) groups is 1. The van der Waals surface area contributed by atoms with Crippen molar-refractivity contribution in [2.75, 3.05) is 13.1 Å². The predicted molar refractivity (Wildman–Crippen MR) is 100 cm³/mol. The molecule has 2 fully saturated rings. The van der Waals surface area contributed by atoms with E-state index in [0.29, 0.717) is 30.3 Å². The van der Waals surface area contributed by atoms with E-state index in [0.717, 1.165) is 24.8 Å². The van der Waals surface area contributed by atoms with Gasteiger partial charge in [0.1, 0.15) is 12.0 Å². The number of hydrogen-bond donors (Lipinski definition) is 1. The van der Waals surface area contributed by atoms with Gasteiger partial charge in [-0.1, -0.05) is 36.4 Å². The molecule has 0 bridgehead atoms. The molecular formula is C21H22N4O2. The normalized spacial score (nSPS) is 27.7. The molecule has 5 rings (SSSR count). The Bertz CT molecular complexity index is 986. The fourth-order valence-corrected chi connectivity index (χ4v) is 4.94. The third-order valence-electron chi connectivity index (χ3n) is 6.27. The Hall–Kier alpha value is -2.73. The highest BCUT2D eigenvalue weighted by molar-refractivity contribution is 5.93. The Morgan fingerprint density at radius 3 is 2.81 bits per heavy atom. The van der Waals surface area contributed by atoms with Crippen LogP contribution >= 0.6 is 0 Å². The lowest BCUT2D eigenvalue weighted by molar-refractivity contribution is -0.0644. The van der Waals surface area contributed by atoms with Crippen molar-refractivity contribution in [1.82, 2.24) is 19.5 Å². The number of rotatable bonds is 2.